The highest BCUT2D eigenvalue weighted by Crippen LogP contribution is 2.29. The summed E-state index contributed by atoms with van der Waals surface area (Å²) in [7, 11) is 0. The first-order chi connectivity index (χ1) is 19.9. The first-order valence-corrected chi connectivity index (χ1v) is 14.7. The quantitative estimate of drug-likeness (QED) is 0.216. The number of ether oxygens (including phenoxy) is 1. The predicted octanol–water partition coefficient (Wildman–Crippen LogP) is 5.45. The van der Waals surface area contributed by atoms with Gasteiger partial charge in [0.15, 0.2) is 0 Å². The third-order valence-corrected chi connectivity index (χ3v) is 7.17. The van der Waals surface area contributed by atoms with E-state index in [0.717, 1.165) is 18.4 Å². The van der Waals surface area contributed by atoms with Crippen LogP contribution in [-0.4, -0.2) is 28.6 Å². The second kappa shape index (κ2) is 16.6. The number of hydrogen-bond acceptors (Lipinski definition) is 8. The number of nitrogens with zero attached hydrogens (tertiary/aromatic N) is 2. The normalized spacial score (nSPS) is 14.8. The molecular weight excluding hydrogens is 544 g/mol. The van der Waals surface area contributed by atoms with Crippen molar-refractivity contribution in [1.82, 2.24) is 10.3 Å². The Kier molecular flexibility index (Phi) is 14.4. The average molecular weight is 597 g/mol. The van der Waals surface area contributed by atoms with Gasteiger partial charge in [0, 0.05) is 30.6 Å². The second-order valence-electron chi connectivity index (χ2n) is 12.7. The number of aryl methyl sites for hydroxylation is 1. The Hall–Kier alpha value is -3.92. The van der Waals surface area contributed by atoms with Crippen molar-refractivity contribution in [3.63, 3.8) is 0 Å². The minimum Gasteiger partial charge on any atom is -0.472 e. The van der Waals surface area contributed by atoms with E-state index >= 15 is 0 Å². The number of anilines is 1. The van der Waals surface area contributed by atoms with E-state index in [9.17, 15) is 14.4 Å². The lowest BCUT2D eigenvalue weighted by atomic mass is 9.85. The molecular formula is C33H52N6O4. The molecule has 10 nitrogen and oxygen atoms in total. The molecule has 0 unspecified atom stereocenters. The molecule has 2 aliphatic rings. The SMILES string of the molecule is CC(=O)C/C(N)=C/N(N)c1cc(C(N)=O)cnc1C.CC(C)(C)C1=CC(C(=O)NC2CC2)=COC=C1.CCC(C)(C)CC. The van der Waals surface area contributed by atoms with Gasteiger partial charge in [-0.05, 0) is 61.3 Å². The maximum atomic E-state index is 11.9. The number of amides is 2. The van der Waals surface area contributed by atoms with Gasteiger partial charge in [0.25, 0.3) is 5.91 Å². The summed E-state index contributed by atoms with van der Waals surface area (Å²) in [6.45, 7) is 18.6. The van der Waals surface area contributed by atoms with Crippen LogP contribution in [0.3, 0.4) is 0 Å². The molecule has 0 spiro atoms. The largest absolute Gasteiger partial charge is 0.472 e. The van der Waals surface area contributed by atoms with Gasteiger partial charge in [-0.15, -0.1) is 0 Å². The van der Waals surface area contributed by atoms with Crippen molar-refractivity contribution in [2.24, 2.45) is 28.1 Å². The van der Waals surface area contributed by atoms with E-state index in [0.29, 0.717) is 34.1 Å². The van der Waals surface area contributed by atoms with Crippen LogP contribution in [0.5, 0.6) is 0 Å². The van der Waals surface area contributed by atoms with E-state index < -0.39 is 5.91 Å². The zero-order valence-electron chi connectivity index (χ0n) is 27.4. The smallest absolute Gasteiger partial charge is 0.254 e. The van der Waals surface area contributed by atoms with Crippen LogP contribution in [0.15, 0.2) is 60.0 Å². The summed E-state index contributed by atoms with van der Waals surface area (Å²) in [4.78, 5) is 38.0. The number of carbonyl (C=O) groups excluding carboxylic acids is 3. The molecule has 0 atom stereocenters. The number of hydrazine groups is 1. The highest BCUT2D eigenvalue weighted by molar-refractivity contribution is 5.96. The summed E-state index contributed by atoms with van der Waals surface area (Å²) in [5.74, 6) is 5.11. The van der Waals surface area contributed by atoms with Gasteiger partial charge in [0.1, 0.15) is 12.0 Å². The molecule has 0 aromatic carbocycles. The lowest BCUT2D eigenvalue weighted by Gasteiger charge is -2.19. The van der Waals surface area contributed by atoms with Crippen molar-refractivity contribution in [3.05, 3.63) is 71.2 Å². The standard InChI is InChI=1S/C14H19NO2.C12H17N5O2.C7H16/c1-14(2,3)11-6-7-17-9-10(8-11)13(16)15-12-4-5-12;1-7(18)3-10(13)6-17(15)11-4-9(12(14)19)5-16-8(11)2;1-5-7(3,4)6-2/h6-9,12H,4-5H2,1-3H3,(H,15,16);4-6H,3,13,15H2,1-2H3,(H2,14,19);5-6H2,1-4H3/b;10-6-;. The van der Waals surface area contributed by atoms with Crippen molar-refractivity contribution in [2.75, 3.05) is 5.01 Å². The maximum absolute atomic E-state index is 11.9. The van der Waals surface area contributed by atoms with Gasteiger partial charge in [-0.2, -0.15) is 0 Å². The molecule has 0 bridgehead atoms. The number of ketones is 1. The second-order valence-corrected chi connectivity index (χ2v) is 12.7. The highest BCUT2D eigenvalue weighted by atomic mass is 16.5. The van der Waals surface area contributed by atoms with Gasteiger partial charge in [-0.3, -0.25) is 24.4 Å². The number of primary amides is 1. The van der Waals surface area contributed by atoms with Crippen molar-refractivity contribution in [3.8, 4) is 0 Å². The summed E-state index contributed by atoms with van der Waals surface area (Å²) >= 11 is 0. The molecule has 1 saturated carbocycles. The van der Waals surface area contributed by atoms with Gasteiger partial charge < -0.3 is 21.5 Å². The molecule has 1 aromatic heterocycles. The van der Waals surface area contributed by atoms with E-state index in [1.54, 1.807) is 13.2 Å². The molecule has 1 fully saturated rings. The van der Waals surface area contributed by atoms with E-state index in [2.05, 4.69) is 58.8 Å². The first-order valence-electron chi connectivity index (χ1n) is 14.7. The molecule has 43 heavy (non-hydrogen) atoms. The van der Waals surface area contributed by atoms with Crippen LogP contribution >= 0.6 is 0 Å². The van der Waals surface area contributed by atoms with Crippen LogP contribution in [-0.2, 0) is 14.3 Å². The molecule has 2 heterocycles. The number of nitrogens with two attached hydrogens (primary N) is 3. The van der Waals surface area contributed by atoms with Crippen molar-refractivity contribution in [1.29, 1.82) is 0 Å². The van der Waals surface area contributed by atoms with Crippen molar-refractivity contribution < 1.29 is 19.1 Å². The van der Waals surface area contributed by atoms with E-state index in [-0.39, 0.29) is 29.1 Å². The fourth-order valence-corrected chi connectivity index (χ4v) is 3.31. The van der Waals surface area contributed by atoms with Gasteiger partial charge in [-0.1, -0.05) is 61.3 Å². The molecule has 238 valence electrons. The third-order valence-electron chi connectivity index (χ3n) is 7.17. The Bertz CT molecular complexity index is 1240. The number of Topliss-reactive ketones (excluding diaryl/α,β-unsaturated/α-hetero) is 1. The molecule has 7 N–H and O–H groups in total. The van der Waals surface area contributed by atoms with Gasteiger partial charge in [-0.25, -0.2) is 5.84 Å². The summed E-state index contributed by atoms with van der Waals surface area (Å²) in [5.41, 5.74) is 14.8. The fraction of sp³-hybridized carbons (Fsp3) is 0.515. The van der Waals surface area contributed by atoms with Crippen LogP contribution in [0.2, 0.25) is 0 Å². The molecule has 1 aliphatic heterocycles. The average Bonchev–Trinajstić information content (AvgIpc) is 3.75. The van der Waals surface area contributed by atoms with Crippen LogP contribution < -0.4 is 27.6 Å². The zero-order chi connectivity index (χ0) is 33.0. The number of rotatable bonds is 9. The molecule has 10 heteroatoms. The summed E-state index contributed by atoms with van der Waals surface area (Å²) in [5, 5.41) is 4.18. The molecule has 1 aromatic rings. The lowest BCUT2D eigenvalue weighted by molar-refractivity contribution is -0.117. The van der Waals surface area contributed by atoms with Gasteiger partial charge in [0.2, 0.25) is 5.91 Å². The van der Waals surface area contributed by atoms with E-state index in [1.807, 2.05) is 12.2 Å². The third kappa shape index (κ3) is 14.2. The Morgan fingerprint density at radius 2 is 1.72 bits per heavy atom. The Labute approximate surface area is 257 Å². The molecule has 3 rings (SSSR count). The fourth-order valence-electron chi connectivity index (χ4n) is 3.31. The Morgan fingerprint density at radius 1 is 1.12 bits per heavy atom. The summed E-state index contributed by atoms with van der Waals surface area (Å²) < 4.78 is 5.20. The maximum Gasteiger partial charge on any atom is 0.254 e. The molecule has 0 radical (unpaired) electrons. The Balaban J connectivity index is 0.000000355. The van der Waals surface area contributed by atoms with Crippen LogP contribution in [0.4, 0.5) is 5.69 Å². The van der Waals surface area contributed by atoms with Crippen LogP contribution in [0, 0.1) is 17.8 Å². The summed E-state index contributed by atoms with van der Waals surface area (Å²) in [6, 6.07) is 1.88. The summed E-state index contributed by atoms with van der Waals surface area (Å²) in [6.07, 6.45) is 14.6. The first kappa shape index (κ1) is 37.1. The number of nitrogens with one attached hydrogen (secondary N) is 1. The van der Waals surface area contributed by atoms with Crippen LogP contribution in [0.25, 0.3) is 0 Å². The molecule has 0 saturated heterocycles. The van der Waals surface area contributed by atoms with Crippen LogP contribution in [0.1, 0.15) is 104 Å². The van der Waals surface area contributed by atoms with E-state index in [4.69, 9.17) is 22.0 Å². The topological polar surface area (TPSA) is 167 Å². The molecule has 1 aliphatic carbocycles. The molecule has 2 amide bonds. The number of allylic oxidation sites excluding steroid dienone is 3. The monoisotopic (exact) mass is 596 g/mol. The number of aromatic nitrogens is 1. The van der Waals surface area contributed by atoms with Crippen molar-refractivity contribution >= 4 is 23.3 Å². The van der Waals surface area contributed by atoms with Crippen molar-refractivity contribution in [2.45, 2.75) is 100 Å². The number of pyridine rings is 1. The van der Waals surface area contributed by atoms with Gasteiger partial charge in [0.05, 0.1) is 28.8 Å². The van der Waals surface area contributed by atoms with E-state index in [1.165, 1.54) is 49.5 Å². The zero-order valence-corrected chi connectivity index (χ0v) is 27.4. The van der Waals surface area contributed by atoms with Gasteiger partial charge >= 0.3 is 0 Å². The Morgan fingerprint density at radius 3 is 2.19 bits per heavy atom. The minimum absolute atomic E-state index is 0.00313. The number of carbonyl (C=O) groups is 3. The predicted molar refractivity (Wildman–Crippen MR) is 173 cm³/mol. The number of hydrogen-bond donors (Lipinski definition) is 4. The highest BCUT2D eigenvalue weighted by Gasteiger charge is 2.25. The lowest BCUT2D eigenvalue weighted by Crippen LogP contribution is -2.28. The minimum atomic E-state index is -0.595.